The largest absolute Gasteiger partial charge is 0.493 e. The highest BCUT2D eigenvalue weighted by molar-refractivity contribution is 7.99. The van der Waals surface area contributed by atoms with E-state index in [1.165, 1.54) is 0 Å². The van der Waals surface area contributed by atoms with Crippen LogP contribution in [0.2, 0.25) is 0 Å². The van der Waals surface area contributed by atoms with Gasteiger partial charge >= 0.3 is 0 Å². The van der Waals surface area contributed by atoms with Gasteiger partial charge in [0.05, 0.1) is 18.7 Å². The third-order valence-corrected chi connectivity index (χ3v) is 4.32. The maximum Gasteiger partial charge on any atom is 0.180 e. The van der Waals surface area contributed by atoms with Crippen LogP contribution in [0.25, 0.3) is 0 Å². The molecule has 0 aliphatic carbocycles. The number of benzene rings is 1. The Hall–Kier alpha value is -1.00. The number of nitrogens with zero attached hydrogens (tertiary/aromatic N) is 1. The molecule has 0 spiro atoms. The first kappa shape index (κ1) is 14.4. The quantitative estimate of drug-likeness (QED) is 0.775. The van der Waals surface area contributed by atoms with Gasteiger partial charge < -0.3 is 4.74 Å². The van der Waals surface area contributed by atoms with Crippen LogP contribution in [-0.2, 0) is 0 Å². The Labute approximate surface area is 119 Å². The van der Waals surface area contributed by atoms with Gasteiger partial charge in [0.25, 0.3) is 0 Å². The molecule has 1 atom stereocenters. The molecular formula is C15H21NO2S. The molecule has 1 aromatic rings. The smallest absolute Gasteiger partial charge is 0.180 e. The topological polar surface area (TPSA) is 29.5 Å². The lowest BCUT2D eigenvalue weighted by atomic mass is 10.1. The minimum absolute atomic E-state index is 0.156. The van der Waals surface area contributed by atoms with Crippen LogP contribution in [0.3, 0.4) is 0 Å². The van der Waals surface area contributed by atoms with Gasteiger partial charge in [-0.15, -0.1) is 0 Å². The summed E-state index contributed by atoms with van der Waals surface area (Å²) in [6, 6.07) is 7.52. The molecule has 0 bridgehead atoms. The molecular weight excluding hydrogens is 258 g/mol. The lowest BCUT2D eigenvalue weighted by Gasteiger charge is -2.29. The molecule has 4 heteroatoms. The van der Waals surface area contributed by atoms with E-state index in [0.29, 0.717) is 29.7 Å². The van der Waals surface area contributed by atoms with Crippen LogP contribution in [-0.4, -0.2) is 47.9 Å². The lowest BCUT2D eigenvalue weighted by molar-refractivity contribution is 0.0930. The van der Waals surface area contributed by atoms with E-state index in [4.69, 9.17) is 4.74 Å². The van der Waals surface area contributed by atoms with Gasteiger partial charge in [-0.25, -0.2) is 0 Å². The first-order valence-corrected chi connectivity index (χ1v) is 7.84. The number of ether oxygens (including phenoxy) is 1. The Bertz CT molecular complexity index is 436. The summed E-state index contributed by atoms with van der Waals surface area (Å²) in [5.41, 5.74) is 0.704. The standard InChI is InChI=1S/C15H21NO2S/c1-3-18-15-7-5-4-6-13(15)14(17)11-16-8-9-19-12(2)10-16/h4-7,12H,3,8-11H2,1-2H3. The fourth-order valence-electron chi connectivity index (χ4n) is 2.30. The number of thioether (sulfide) groups is 1. The number of ketones is 1. The number of rotatable bonds is 5. The number of para-hydroxylation sites is 1. The molecule has 0 N–H and O–H groups in total. The van der Waals surface area contributed by atoms with Crippen molar-refractivity contribution in [1.82, 2.24) is 4.90 Å². The second-order valence-corrected chi connectivity index (χ2v) is 6.32. The number of hydrogen-bond acceptors (Lipinski definition) is 4. The first-order valence-electron chi connectivity index (χ1n) is 6.79. The van der Waals surface area contributed by atoms with Crippen LogP contribution in [0.1, 0.15) is 24.2 Å². The molecule has 1 saturated heterocycles. The molecule has 0 aromatic heterocycles. The fourth-order valence-corrected chi connectivity index (χ4v) is 3.38. The summed E-state index contributed by atoms with van der Waals surface area (Å²) < 4.78 is 5.52. The lowest BCUT2D eigenvalue weighted by Crippen LogP contribution is -2.39. The number of Topliss-reactive ketones (excluding diaryl/α,β-unsaturated/α-hetero) is 1. The van der Waals surface area contributed by atoms with Crippen molar-refractivity contribution < 1.29 is 9.53 Å². The molecule has 1 heterocycles. The summed E-state index contributed by atoms with van der Waals surface area (Å²) in [6.07, 6.45) is 0. The predicted octanol–water partition coefficient (Wildman–Crippen LogP) is 2.71. The van der Waals surface area contributed by atoms with Crippen molar-refractivity contribution in [3.63, 3.8) is 0 Å². The molecule has 19 heavy (non-hydrogen) atoms. The Morgan fingerprint density at radius 2 is 2.26 bits per heavy atom. The van der Waals surface area contributed by atoms with E-state index < -0.39 is 0 Å². The molecule has 3 nitrogen and oxygen atoms in total. The average Bonchev–Trinajstić information content (AvgIpc) is 2.39. The zero-order valence-electron chi connectivity index (χ0n) is 11.6. The van der Waals surface area contributed by atoms with Gasteiger partial charge in [0.1, 0.15) is 5.75 Å². The van der Waals surface area contributed by atoms with E-state index in [-0.39, 0.29) is 5.78 Å². The van der Waals surface area contributed by atoms with E-state index in [2.05, 4.69) is 11.8 Å². The van der Waals surface area contributed by atoms with Crippen molar-refractivity contribution in [2.24, 2.45) is 0 Å². The van der Waals surface area contributed by atoms with Crippen molar-refractivity contribution in [1.29, 1.82) is 0 Å². The molecule has 0 saturated carbocycles. The predicted molar refractivity (Wildman–Crippen MR) is 80.3 cm³/mol. The molecule has 1 aliphatic heterocycles. The van der Waals surface area contributed by atoms with Crippen molar-refractivity contribution >= 4 is 17.5 Å². The summed E-state index contributed by atoms with van der Waals surface area (Å²) in [7, 11) is 0. The van der Waals surface area contributed by atoms with Crippen molar-refractivity contribution in [2.45, 2.75) is 19.1 Å². The number of hydrogen-bond donors (Lipinski definition) is 0. The van der Waals surface area contributed by atoms with Crippen LogP contribution in [0, 0.1) is 0 Å². The van der Waals surface area contributed by atoms with Gasteiger partial charge in [0.2, 0.25) is 0 Å². The molecule has 1 unspecified atom stereocenters. The third kappa shape index (κ3) is 3.98. The second-order valence-electron chi connectivity index (χ2n) is 4.77. The molecule has 104 valence electrons. The fraction of sp³-hybridized carbons (Fsp3) is 0.533. The van der Waals surface area contributed by atoms with Crippen LogP contribution < -0.4 is 4.74 Å². The van der Waals surface area contributed by atoms with Gasteiger partial charge in [-0.2, -0.15) is 11.8 Å². The van der Waals surface area contributed by atoms with Crippen LogP contribution in [0.5, 0.6) is 5.75 Å². The third-order valence-electron chi connectivity index (χ3n) is 3.18. The highest BCUT2D eigenvalue weighted by Gasteiger charge is 2.21. The van der Waals surface area contributed by atoms with E-state index in [1.807, 2.05) is 43.0 Å². The summed E-state index contributed by atoms with van der Waals surface area (Å²) in [4.78, 5) is 14.6. The Balaban J connectivity index is 2.03. The number of carbonyl (C=O) groups is 1. The summed E-state index contributed by atoms with van der Waals surface area (Å²) >= 11 is 1.98. The Morgan fingerprint density at radius 3 is 3.00 bits per heavy atom. The van der Waals surface area contributed by atoms with E-state index in [0.717, 1.165) is 18.8 Å². The maximum atomic E-state index is 12.4. The van der Waals surface area contributed by atoms with Gasteiger partial charge in [0.15, 0.2) is 5.78 Å². The molecule has 0 radical (unpaired) electrons. The van der Waals surface area contributed by atoms with Crippen LogP contribution >= 0.6 is 11.8 Å². The SMILES string of the molecule is CCOc1ccccc1C(=O)CN1CCSC(C)C1. The highest BCUT2D eigenvalue weighted by atomic mass is 32.2. The van der Waals surface area contributed by atoms with E-state index in [9.17, 15) is 4.79 Å². The Kier molecular flexibility index (Phi) is 5.28. The normalized spacial score (nSPS) is 20.2. The van der Waals surface area contributed by atoms with Gasteiger partial charge in [0, 0.05) is 24.1 Å². The molecule has 1 aromatic carbocycles. The summed E-state index contributed by atoms with van der Waals surface area (Å²) in [6.45, 7) is 7.22. The van der Waals surface area contributed by atoms with Crippen molar-refractivity contribution in [2.75, 3.05) is 32.0 Å². The Morgan fingerprint density at radius 1 is 1.47 bits per heavy atom. The monoisotopic (exact) mass is 279 g/mol. The zero-order valence-corrected chi connectivity index (χ0v) is 12.4. The second kappa shape index (κ2) is 6.96. The van der Waals surface area contributed by atoms with Crippen LogP contribution in [0.15, 0.2) is 24.3 Å². The highest BCUT2D eigenvalue weighted by Crippen LogP contribution is 2.21. The van der Waals surface area contributed by atoms with E-state index >= 15 is 0 Å². The molecule has 2 rings (SSSR count). The van der Waals surface area contributed by atoms with Gasteiger partial charge in [-0.05, 0) is 19.1 Å². The van der Waals surface area contributed by atoms with Crippen molar-refractivity contribution in [3.8, 4) is 5.75 Å². The van der Waals surface area contributed by atoms with E-state index in [1.54, 1.807) is 0 Å². The first-order chi connectivity index (χ1) is 9.20. The van der Waals surface area contributed by atoms with Crippen LogP contribution in [0.4, 0.5) is 0 Å². The molecule has 1 fully saturated rings. The van der Waals surface area contributed by atoms with Gasteiger partial charge in [-0.3, -0.25) is 9.69 Å². The average molecular weight is 279 g/mol. The minimum Gasteiger partial charge on any atom is -0.493 e. The summed E-state index contributed by atoms with van der Waals surface area (Å²) in [5, 5.41) is 0.615. The zero-order chi connectivity index (χ0) is 13.7. The summed E-state index contributed by atoms with van der Waals surface area (Å²) in [5.74, 6) is 1.97. The molecule has 1 aliphatic rings. The minimum atomic E-state index is 0.156. The van der Waals surface area contributed by atoms with Gasteiger partial charge in [-0.1, -0.05) is 19.1 Å². The van der Waals surface area contributed by atoms with Crippen molar-refractivity contribution in [3.05, 3.63) is 29.8 Å². The molecule has 0 amide bonds. The number of carbonyl (C=O) groups excluding carboxylic acids is 1. The maximum absolute atomic E-state index is 12.4.